The molecule has 0 spiro atoms. The summed E-state index contributed by atoms with van der Waals surface area (Å²) in [6, 6.07) is 24.1. The number of carbonyl (C=O) groups excluding carboxylic acids is 1. The quantitative estimate of drug-likeness (QED) is 0.358. The molecule has 0 atom stereocenters. The van der Waals surface area contributed by atoms with Crippen LogP contribution in [-0.2, 0) is 9.53 Å². The fourth-order valence-corrected chi connectivity index (χ4v) is 4.90. The molecule has 1 amide bonds. The van der Waals surface area contributed by atoms with Crippen molar-refractivity contribution in [2.45, 2.75) is 6.92 Å². The highest BCUT2D eigenvalue weighted by molar-refractivity contribution is 9.10. The lowest BCUT2D eigenvalue weighted by Gasteiger charge is -2.29. The highest BCUT2D eigenvalue weighted by Gasteiger charge is 2.30. The van der Waals surface area contributed by atoms with Crippen molar-refractivity contribution in [2.75, 3.05) is 42.7 Å². The third kappa shape index (κ3) is 5.04. The first-order valence-corrected chi connectivity index (χ1v) is 12.6. The number of anilines is 2. The van der Waals surface area contributed by atoms with Gasteiger partial charge in [-0.1, -0.05) is 36.4 Å². The predicted molar refractivity (Wildman–Crippen MR) is 145 cm³/mol. The van der Waals surface area contributed by atoms with E-state index in [9.17, 15) is 4.79 Å². The molecule has 5 nitrogen and oxygen atoms in total. The molecule has 6 heteroatoms. The van der Waals surface area contributed by atoms with E-state index in [0.29, 0.717) is 12.2 Å². The van der Waals surface area contributed by atoms with Crippen molar-refractivity contribution in [3.63, 3.8) is 0 Å². The van der Waals surface area contributed by atoms with Gasteiger partial charge in [0.15, 0.2) is 0 Å². The Bertz CT molecular complexity index is 1260. The minimum absolute atomic E-state index is 0.0482. The Balaban J connectivity index is 1.49. The number of amides is 1. The Hall–Kier alpha value is -3.35. The fourth-order valence-electron chi connectivity index (χ4n) is 4.39. The average Bonchev–Trinajstić information content (AvgIpc) is 3.22. The molecule has 2 heterocycles. The van der Waals surface area contributed by atoms with Crippen LogP contribution in [0.15, 0.2) is 88.9 Å². The zero-order valence-corrected chi connectivity index (χ0v) is 21.2. The lowest BCUT2D eigenvalue weighted by molar-refractivity contribution is -0.113. The fraction of sp³-hybridized carbons (Fsp3) is 0.207. The van der Waals surface area contributed by atoms with Gasteiger partial charge in [0.1, 0.15) is 5.75 Å². The molecule has 0 unspecified atom stereocenters. The minimum Gasteiger partial charge on any atom is -0.493 e. The van der Waals surface area contributed by atoms with Crippen molar-refractivity contribution in [3.8, 4) is 5.75 Å². The lowest BCUT2D eigenvalue weighted by Crippen LogP contribution is -2.36. The van der Waals surface area contributed by atoms with Crippen LogP contribution in [0.3, 0.4) is 0 Å². The van der Waals surface area contributed by atoms with Gasteiger partial charge >= 0.3 is 0 Å². The molecule has 0 radical (unpaired) electrons. The summed E-state index contributed by atoms with van der Waals surface area (Å²) in [6.45, 7) is 5.78. The maximum absolute atomic E-state index is 13.7. The molecule has 178 valence electrons. The van der Waals surface area contributed by atoms with Crippen LogP contribution < -0.4 is 14.5 Å². The number of rotatable bonds is 6. The van der Waals surface area contributed by atoms with Crippen LogP contribution in [0.1, 0.15) is 18.1 Å². The highest BCUT2D eigenvalue weighted by atomic mass is 79.9. The van der Waals surface area contributed by atoms with Gasteiger partial charge in [-0.25, -0.2) is 0 Å². The van der Waals surface area contributed by atoms with Gasteiger partial charge < -0.3 is 14.4 Å². The first-order valence-electron chi connectivity index (χ1n) is 11.8. The van der Waals surface area contributed by atoms with Crippen LogP contribution in [0.2, 0.25) is 0 Å². The molecule has 3 aromatic carbocycles. The van der Waals surface area contributed by atoms with Crippen LogP contribution in [0, 0.1) is 0 Å². The summed E-state index contributed by atoms with van der Waals surface area (Å²) in [6.07, 6.45) is 3.89. The van der Waals surface area contributed by atoms with Gasteiger partial charge in [-0.05, 0) is 82.5 Å². The van der Waals surface area contributed by atoms with E-state index >= 15 is 0 Å². The highest BCUT2D eigenvalue weighted by Crippen LogP contribution is 2.36. The van der Waals surface area contributed by atoms with E-state index in [0.717, 1.165) is 64.7 Å². The largest absolute Gasteiger partial charge is 0.493 e. The molecule has 2 aliphatic rings. The van der Waals surface area contributed by atoms with Crippen molar-refractivity contribution in [1.29, 1.82) is 0 Å². The summed E-state index contributed by atoms with van der Waals surface area (Å²) in [4.78, 5) is 17.8. The number of nitrogens with zero attached hydrogens (tertiary/aromatic N) is 2. The van der Waals surface area contributed by atoms with E-state index in [4.69, 9.17) is 9.47 Å². The second kappa shape index (κ2) is 10.5. The van der Waals surface area contributed by atoms with Crippen LogP contribution >= 0.6 is 15.9 Å². The zero-order valence-electron chi connectivity index (χ0n) is 19.6. The number of morpholine rings is 1. The van der Waals surface area contributed by atoms with Crippen molar-refractivity contribution >= 4 is 45.0 Å². The Morgan fingerprint density at radius 2 is 1.69 bits per heavy atom. The summed E-state index contributed by atoms with van der Waals surface area (Å²) in [5.41, 5.74) is 5.41. The van der Waals surface area contributed by atoms with Crippen molar-refractivity contribution in [2.24, 2.45) is 0 Å². The molecule has 3 aromatic rings. The predicted octanol–water partition coefficient (Wildman–Crippen LogP) is 6.16. The van der Waals surface area contributed by atoms with Crippen LogP contribution in [-0.4, -0.2) is 38.8 Å². The van der Waals surface area contributed by atoms with Gasteiger partial charge in [-0.2, -0.15) is 0 Å². The van der Waals surface area contributed by atoms with Gasteiger partial charge in [0.2, 0.25) is 0 Å². The second-order valence-corrected chi connectivity index (χ2v) is 9.23. The first kappa shape index (κ1) is 23.4. The molecule has 1 fully saturated rings. The zero-order chi connectivity index (χ0) is 24.2. The summed E-state index contributed by atoms with van der Waals surface area (Å²) >= 11 is 3.57. The maximum atomic E-state index is 13.7. The normalized spacial score (nSPS) is 17.1. The number of carbonyl (C=O) groups is 1. The smallest absolute Gasteiger partial charge is 0.262 e. The molecule has 2 aliphatic heterocycles. The van der Waals surface area contributed by atoms with E-state index in [1.54, 1.807) is 4.90 Å². The topological polar surface area (TPSA) is 42.0 Å². The minimum atomic E-state index is -0.0482. The molecule has 35 heavy (non-hydrogen) atoms. The molecule has 1 saturated heterocycles. The standard InChI is InChI=1S/C29H27BrN2O3/c1-2-35-28-13-8-21(19-26(28)30)18-23-20-27(22-6-4-3-5-7-22)32(29(23)33)25-11-9-24(10-12-25)31-14-16-34-17-15-31/h3-13,18-20H,2,14-17H2,1H3/b23-18+. The number of halogens is 1. The molecule has 5 rings (SSSR count). The molecule has 0 bridgehead atoms. The van der Waals surface area contributed by atoms with E-state index in [1.807, 2.05) is 79.7 Å². The van der Waals surface area contributed by atoms with E-state index in [2.05, 4.69) is 33.0 Å². The van der Waals surface area contributed by atoms with Crippen LogP contribution in [0.25, 0.3) is 11.8 Å². The molecule has 0 aliphatic carbocycles. The van der Waals surface area contributed by atoms with Gasteiger partial charge in [-0.15, -0.1) is 0 Å². The van der Waals surface area contributed by atoms with Crippen LogP contribution in [0.5, 0.6) is 5.75 Å². The maximum Gasteiger partial charge on any atom is 0.262 e. The molecule has 0 N–H and O–H groups in total. The number of ether oxygens (including phenoxy) is 2. The van der Waals surface area contributed by atoms with E-state index in [-0.39, 0.29) is 5.91 Å². The van der Waals surface area contributed by atoms with Gasteiger partial charge in [0.05, 0.1) is 30.0 Å². The van der Waals surface area contributed by atoms with Crippen molar-refractivity contribution < 1.29 is 14.3 Å². The average molecular weight is 531 g/mol. The summed E-state index contributed by atoms with van der Waals surface area (Å²) in [7, 11) is 0. The number of benzene rings is 3. The van der Waals surface area contributed by atoms with Gasteiger partial charge in [0.25, 0.3) is 5.91 Å². The monoisotopic (exact) mass is 530 g/mol. The summed E-state index contributed by atoms with van der Waals surface area (Å²) in [5, 5.41) is 0. The summed E-state index contributed by atoms with van der Waals surface area (Å²) in [5.74, 6) is 0.739. The van der Waals surface area contributed by atoms with Crippen molar-refractivity contribution in [1.82, 2.24) is 0 Å². The number of hydrogen-bond acceptors (Lipinski definition) is 4. The third-order valence-corrected chi connectivity index (χ3v) is 6.73. The Morgan fingerprint density at radius 1 is 0.971 bits per heavy atom. The molecule has 0 aromatic heterocycles. The third-order valence-electron chi connectivity index (χ3n) is 6.11. The lowest BCUT2D eigenvalue weighted by atomic mass is 10.1. The molecular formula is C29H27BrN2O3. The van der Waals surface area contributed by atoms with Crippen LogP contribution in [0.4, 0.5) is 11.4 Å². The Kier molecular flexibility index (Phi) is 7.02. The molecule has 0 saturated carbocycles. The summed E-state index contributed by atoms with van der Waals surface area (Å²) < 4.78 is 12.0. The second-order valence-electron chi connectivity index (χ2n) is 8.37. The first-order chi connectivity index (χ1) is 17.1. The van der Waals surface area contributed by atoms with Crippen molar-refractivity contribution in [3.05, 3.63) is 100 Å². The Morgan fingerprint density at radius 3 is 2.37 bits per heavy atom. The van der Waals surface area contributed by atoms with Gasteiger partial charge in [0, 0.05) is 30.0 Å². The number of hydrogen-bond donors (Lipinski definition) is 0. The van der Waals surface area contributed by atoms with E-state index in [1.165, 1.54) is 0 Å². The molecular weight excluding hydrogens is 504 g/mol. The van der Waals surface area contributed by atoms with Gasteiger partial charge in [-0.3, -0.25) is 9.69 Å². The Labute approximate surface area is 214 Å². The SMILES string of the molecule is CCOc1ccc(/C=C2\C=C(c3ccccc3)N(c3ccc(N4CCOCC4)cc3)C2=O)cc1Br. The van der Waals surface area contributed by atoms with E-state index < -0.39 is 0 Å².